The Hall–Kier alpha value is -0.870. The van der Waals surface area contributed by atoms with Gasteiger partial charge < -0.3 is 21.7 Å². The summed E-state index contributed by atoms with van der Waals surface area (Å²) in [5.74, 6) is 0.683. The SMILES string of the molecule is CN(/C(N)=C/C=C(\N)Cl)C1CC(C)(C)NC(C)(C)C1. The van der Waals surface area contributed by atoms with Crippen LogP contribution in [0.25, 0.3) is 0 Å². The Labute approximate surface area is 121 Å². The summed E-state index contributed by atoms with van der Waals surface area (Å²) < 4.78 is 0. The molecular weight excluding hydrogens is 260 g/mol. The Bertz CT molecular complexity index is 365. The van der Waals surface area contributed by atoms with Gasteiger partial charge in [0.1, 0.15) is 0 Å². The third kappa shape index (κ3) is 4.96. The second-order valence-electron chi connectivity index (χ2n) is 6.71. The molecule has 0 aromatic rings. The molecule has 1 rings (SSSR count). The molecule has 0 unspecified atom stereocenters. The van der Waals surface area contributed by atoms with Crippen LogP contribution in [0.15, 0.2) is 23.1 Å². The highest BCUT2D eigenvalue weighted by molar-refractivity contribution is 6.29. The smallest absolute Gasteiger partial charge is 0.0993 e. The van der Waals surface area contributed by atoms with E-state index in [9.17, 15) is 0 Å². The Balaban J connectivity index is 2.84. The van der Waals surface area contributed by atoms with Crippen molar-refractivity contribution < 1.29 is 0 Å². The van der Waals surface area contributed by atoms with E-state index < -0.39 is 0 Å². The summed E-state index contributed by atoms with van der Waals surface area (Å²) in [6, 6.07) is 0.396. The molecule has 1 aliphatic heterocycles. The van der Waals surface area contributed by atoms with E-state index in [1.54, 1.807) is 12.2 Å². The number of nitrogens with two attached hydrogens (primary N) is 2. The van der Waals surface area contributed by atoms with Gasteiger partial charge in [0.25, 0.3) is 0 Å². The van der Waals surface area contributed by atoms with Crippen molar-refractivity contribution in [1.82, 2.24) is 10.2 Å². The summed E-state index contributed by atoms with van der Waals surface area (Å²) in [4.78, 5) is 2.11. The predicted octanol–water partition coefficient (Wildman–Crippen LogP) is 2.07. The second kappa shape index (κ2) is 5.63. The number of rotatable bonds is 3. The van der Waals surface area contributed by atoms with Crippen LogP contribution in [0.4, 0.5) is 0 Å². The molecule has 0 radical (unpaired) electrons. The van der Waals surface area contributed by atoms with E-state index in [0.717, 1.165) is 12.8 Å². The van der Waals surface area contributed by atoms with E-state index in [0.29, 0.717) is 11.9 Å². The molecule has 0 aromatic heterocycles. The summed E-state index contributed by atoms with van der Waals surface area (Å²) in [7, 11) is 2.02. The minimum Gasteiger partial charge on any atom is -0.389 e. The first-order valence-corrected chi connectivity index (χ1v) is 7.01. The van der Waals surface area contributed by atoms with Crippen molar-refractivity contribution in [2.45, 2.75) is 57.7 Å². The normalized spacial score (nSPS) is 24.3. The third-order valence-electron chi connectivity index (χ3n) is 3.54. The lowest BCUT2D eigenvalue weighted by Crippen LogP contribution is -2.61. The highest BCUT2D eigenvalue weighted by atomic mass is 35.5. The van der Waals surface area contributed by atoms with Gasteiger partial charge in [-0.05, 0) is 52.7 Å². The zero-order valence-corrected chi connectivity index (χ0v) is 13.4. The largest absolute Gasteiger partial charge is 0.389 e. The zero-order chi connectivity index (χ0) is 14.8. The van der Waals surface area contributed by atoms with E-state index in [2.05, 4.69) is 37.9 Å². The molecule has 0 saturated carbocycles. The molecule has 0 bridgehead atoms. The van der Waals surface area contributed by atoms with Gasteiger partial charge in [-0.25, -0.2) is 0 Å². The van der Waals surface area contributed by atoms with Crippen LogP contribution in [-0.4, -0.2) is 29.1 Å². The number of nitrogens with zero attached hydrogens (tertiary/aromatic N) is 1. The van der Waals surface area contributed by atoms with Crippen LogP contribution in [0, 0.1) is 0 Å². The van der Waals surface area contributed by atoms with E-state index in [-0.39, 0.29) is 16.2 Å². The maximum absolute atomic E-state index is 6.08. The van der Waals surface area contributed by atoms with Gasteiger partial charge in [0.15, 0.2) is 0 Å². The summed E-state index contributed by atoms with van der Waals surface area (Å²) >= 11 is 5.61. The molecule has 1 heterocycles. The van der Waals surface area contributed by atoms with Crippen LogP contribution < -0.4 is 16.8 Å². The first-order chi connectivity index (χ1) is 8.52. The van der Waals surface area contributed by atoms with E-state index in [1.165, 1.54) is 0 Å². The van der Waals surface area contributed by atoms with Crippen molar-refractivity contribution in [2.24, 2.45) is 11.5 Å². The Kier molecular flexibility index (Phi) is 4.80. The average molecular weight is 287 g/mol. The van der Waals surface area contributed by atoms with E-state index in [1.807, 2.05) is 7.05 Å². The van der Waals surface area contributed by atoms with Crippen molar-refractivity contribution in [3.8, 4) is 0 Å². The quantitative estimate of drug-likeness (QED) is 0.549. The van der Waals surface area contributed by atoms with E-state index >= 15 is 0 Å². The molecule has 5 N–H and O–H groups in total. The van der Waals surface area contributed by atoms with Gasteiger partial charge in [-0.15, -0.1) is 0 Å². The number of allylic oxidation sites excluding steroid dienone is 2. The number of hydrogen-bond donors (Lipinski definition) is 3. The molecule has 4 nitrogen and oxygen atoms in total. The highest BCUT2D eigenvalue weighted by Gasteiger charge is 2.39. The fourth-order valence-electron chi connectivity index (χ4n) is 3.04. The van der Waals surface area contributed by atoms with Crippen molar-refractivity contribution in [3.63, 3.8) is 0 Å². The molecule has 19 heavy (non-hydrogen) atoms. The molecule has 110 valence electrons. The maximum atomic E-state index is 6.08. The predicted molar refractivity (Wildman–Crippen MR) is 82.5 cm³/mol. The topological polar surface area (TPSA) is 67.3 Å². The highest BCUT2D eigenvalue weighted by Crippen LogP contribution is 2.31. The van der Waals surface area contributed by atoms with Gasteiger partial charge in [-0.2, -0.15) is 0 Å². The van der Waals surface area contributed by atoms with Crippen LogP contribution in [0.2, 0.25) is 0 Å². The number of nitrogens with one attached hydrogen (secondary N) is 1. The Morgan fingerprint density at radius 2 is 1.63 bits per heavy atom. The molecule has 0 aliphatic carbocycles. The molecule has 5 heteroatoms. The molecular formula is C14H27ClN4. The first kappa shape index (κ1) is 16.2. The van der Waals surface area contributed by atoms with Gasteiger partial charge in [0, 0.05) is 24.2 Å². The van der Waals surface area contributed by atoms with Gasteiger partial charge in [-0.1, -0.05) is 11.6 Å². The van der Waals surface area contributed by atoms with Crippen LogP contribution in [-0.2, 0) is 0 Å². The van der Waals surface area contributed by atoms with Crippen LogP contribution in [0.5, 0.6) is 0 Å². The van der Waals surface area contributed by atoms with Crippen molar-refractivity contribution in [1.29, 1.82) is 0 Å². The fourth-order valence-corrected chi connectivity index (χ4v) is 3.10. The summed E-state index contributed by atoms with van der Waals surface area (Å²) in [5, 5.41) is 3.90. The number of hydrogen-bond acceptors (Lipinski definition) is 4. The average Bonchev–Trinajstić information content (AvgIpc) is 2.20. The van der Waals surface area contributed by atoms with E-state index in [4.69, 9.17) is 23.1 Å². The van der Waals surface area contributed by atoms with Crippen molar-refractivity contribution in [3.05, 3.63) is 23.1 Å². The summed E-state index contributed by atoms with van der Waals surface area (Å²) in [6.07, 6.45) is 5.46. The summed E-state index contributed by atoms with van der Waals surface area (Å²) in [6.45, 7) is 8.91. The van der Waals surface area contributed by atoms with Gasteiger partial charge in [-0.3, -0.25) is 0 Å². The Morgan fingerprint density at radius 1 is 1.16 bits per heavy atom. The van der Waals surface area contributed by atoms with Crippen LogP contribution in [0.3, 0.4) is 0 Å². The minimum atomic E-state index is 0.0995. The lowest BCUT2D eigenvalue weighted by molar-refractivity contribution is 0.0981. The number of halogens is 1. The zero-order valence-electron chi connectivity index (χ0n) is 12.6. The lowest BCUT2D eigenvalue weighted by Gasteiger charge is -2.49. The second-order valence-corrected chi connectivity index (χ2v) is 7.15. The molecule has 0 spiro atoms. The summed E-state index contributed by atoms with van der Waals surface area (Å²) in [5.41, 5.74) is 11.7. The van der Waals surface area contributed by atoms with Gasteiger partial charge >= 0.3 is 0 Å². The lowest BCUT2D eigenvalue weighted by atomic mass is 9.79. The molecule has 1 saturated heterocycles. The van der Waals surface area contributed by atoms with Crippen molar-refractivity contribution in [2.75, 3.05) is 7.05 Å². The minimum absolute atomic E-state index is 0.0995. The molecule has 0 atom stereocenters. The van der Waals surface area contributed by atoms with Crippen LogP contribution >= 0.6 is 11.6 Å². The van der Waals surface area contributed by atoms with Gasteiger partial charge in [0.2, 0.25) is 0 Å². The molecule has 1 fully saturated rings. The number of piperidine rings is 1. The van der Waals surface area contributed by atoms with Gasteiger partial charge in [0.05, 0.1) is 11.0 Å². The first-order valence-electron chi connectivity index (χ1n) is 6.63. The monoisotopic (exact) mass is 286 g/mol. The van der Waals surface area contributed by atoms with Crippen LogP contribution in [0.1, 0.15) is 40.5 Å². The Morgan fingerprint density at radius 3 is 2.05 bits per heavy atom. The third-order valence-corrected chi connectivity index (χ3v) is 3.66. The molecule has 1 aliphatic rings. The molecule has 0 amide bonds. The maximum Gasteiger partial charge on any atom is 0.0993 e. The fraction of sp³-hybridized carbons (Fsp3) is 0.714. The van der Waals surface area contributed by atoms with Crippen molar-refractivity contribution >= 4 is 11.6 Å². The standard InChI is InChI=1S/C14H27ClN4/c1-13(2)8-10(9-14(3,4)18-13)19(5)12(17)7-6-11(15)16/h6-7,10,18H,8-9,16-17H2,1-5H3/b11-6-,12-7+. The molecule has 0 aromatic carbocycles.